The van der Waals surface area contributed by atoms with E-state index in [2.05, 4.69) is 33.9 Å². The Morgan fingerprint density at radius 1 is 1.12 bits per heavy atom. The first-order valence-corrected chi connectivity index (χ1v) is 10.3. The van der Waals surface area contributed by atoms with Gasteiger partial charge in [0, 0.05) is 11.3 Å². The molecule has 1 fully saturated rings. The summed E-state index contributed by atoms with van der Waals surface area (Å²) in [6, 6.07) is 8.35. The topological polar surface area (TPSA) is 35.9 Å². The first-order chi connectivity index (χ1) is 11.8. The summed E-state index contributed by atoms with van der Waals surface area (Å²) in [6.45, 7) is 2.55. The lowest BCUT2D eigenvalue weighted by atomic mass is 10.1. The summed E-state index contributed by atoms with van der Waals surface area (Å²) in [4.78, 5) is 17.6. The molecule has 2 aliphatic rings. The molecule has 24 heavy (non-hydrogen) atoms. The Balaban J connectivity index is 1.55. The van der Waals surface area contributed by atoms with Gasteiger partial charge < -0.3 is 0 Å². The molecule has 0 aliphatic carbocycles. The van der Waals surface area contributed by atoms with Crippen LogP contribution >= 0.6 is 22.7 Å². The zero-order chi connectivity index (χ0) is 16.4. The van der Waals surface area contributed by atoms with Crippen LogP contribution in [0.4, 0.5) is 0 Å². The molecule has 0 aromatic carbocycles. The third kappa shape index (κ3) is 3.31. The molecule has 4 nitrogen and oxygen atoms in total. The Bertz CT molecular complexity index is 703. The van der Waals surface area contributed by atoms with Crippen LogP contribution in [0.1, 0.15) is 41.5 Å². The van der Waals surface area contributed by atoms with Gasteiger partial charge in [-0.1, -0.05) is 18.6 Å². The second-order valence-electron chi connectivity index (χ2n) is 6.33. The van der Waals surface area contributed by atoms with Gasteiger partial charge in [0.1, 0.15) is 0 Å². The number of amides is 1. The maximum Gasteiger partial charge on any atom is 0.257 e. The first-order valence-electron chi connectivity index (χ1n) is 8.50. The van der Waals surface area contributed by atoms with E-state index in [0.29, 0.717) is 6.54 Å². The number of hydrogen-bond donors (Lipinski definition) is 0. The Morgan fingerprint density at radius 3 is 2.62 bits per heavy atom. The number of nitrogens with zero attached hydrogens (tertiary/aromatic N) is 3. The SMILES string of the molecule is O=C(CN1CCCCC1)N1N=C(c2cccs2)C[C@H]1c1cccs1. The minimum atomic E-state index is 0.0550. The van der Waals surface area contributed by atoms with Crippen molar-refractivity contribution in [3.63, 3.8) is 0 Å². The van der Waals surface area contributed by atoms with Crippen LogP contribution in [-0.2, 0) is 4.79 Å². The fraction of sp³-hybridized carbons (Fsp3) is 0.444. The number of rotatable bonds is 4. The summed E-state index contributed by atoms with van der Waals surface area (Å²) in [5, 5.41) is 10.6. The Hall–Kier alpha value is -1.50. The van der Waals surface area contributed by atoms with E-state index >= 15 is 0 Å². The lowest BCUT2D eigenvalue weighted by Crippen LogP contribution is -2.40. The van der Waals surface area contributed by atoms with Crippen molar-refractivity contribution in [1.29, 1.82) is 0 Å². The largest absolute Gasteiger partial charge is 0.294 e. The lowest BCUT2D eigenvalue weighted by Gasteiger charge is -2.28. The van der Waals surface area contributed by atoms with Crippen molar-refractivity contribution in [1.82, 2.24) is 9.91 Å². The molecule has 0 unspecified atom stereocenters. The Kier molecular flexibility index (Phi) is 4.78. The molecule has 1 amide bonds. The molecule has 2 aromatic rings. The number of piperidine rings is 1. The van der Waals surface area contributed by atoms with Crippen LogP contribution < -0.4 is 0 Å². The Labute approximate surface area is 150 Å². The average molecular weight is 360 g/mol. The normalized spacial score (nSPS) is 21.9. The van der Waals surface area contributed by atoms with Crippen molar-refractivity contribution < 1.29 is 4.79 Å². The molecule has 2 aromatic heterocycles. The van der Waals surface area contributed by atoms with Crippen molar-refractivity contribution in [3.8, 4) is 0 Å². The maximum atomic E-state index is 12.9. The summed E-state index contributed by atoms with van der Waals surface area (Å²) >= 11 is 3.40. The number of thiophene rings is 2. The number of carbonyl (C=O) groups excluding carboxylic acids is 1. The van der Waals surface area contributed by atoms with E-state index in [0.717, 1.165) is 25.2 Å². The third-order valence-corrected chi connectivity index (χ3v) is 6.54. The molecule has 2 aliphatic heterocycles. The molecule has 1 atom stereocenters. The fourth-order valence-electron chi connectivity index (χ4n) is 3.42. The summed E-state index contributed by atoms with van der Waals surface area (Å²) in [7, 11) is 0. The van der Waals surface area contributed by atoms with Gasteiger partial charge >= 0.3 is 0 Å². The molecule has 0 saturated carbocycles. The van der Waals surface area contributed by atoms with Crippen LogP contribution in [0.15, 0.2) is 40.1 Å². The average Bonchev–Trinajstić information content (AvgIpc) is 3.35. The summed E-state index contributed by atoms with van der Waals surface area (Å²) in [5.41, 5.74) is 1.04. The van der Waals surface area contributed by atoms with Crippen LogP contribution in [-0.4, -0.2) is 41.2 Å². The van der Waals surface area contributed by atoms with Gasteiger partial charge in [0.05, 0.1) is 23.2 Å². The van der Waals surface area contributed by atoms with Crippen LogP contribution in [0.3, 0.4) is 0 Å². The molecule has 0 bridgehead atoms. The van der Waals surface area contributed by atoms with E-state index in [9.17, 15) is 4.79 Å². The molecular weight excluding hydrogens is 338 g/mol. The molecule has 0 radical (unpaired) electrons. The van der Waals surface area contributed by atoms with Gasteiger partial charge in [-0.15, -0.1) is 22.7 Å². The molecule has 126 valence electrons. The standard InChI is InChI=1S/C18H21N3OS2/c22-18(13-20-8-2-1-3-9-20)21-15(17-7-5-11-24-17)12-14(19-21)16-6-4-10-23-16/h4-7,10-11,15H,1-3,8-9,12-13H2/t15-/m0/s1. The number of carbonyl (C=O) groups is 1. The molecular formula is C18H21N3OS2. The quantitative estimate of drug-likeness (QED) is 0.828. The third-order valence-electron chi connectivity index (χ3n) is 4.65. The highest BCUT2D eigenvalue weighted by molar-refractivity contribution is 7.12. The number of hydrogen-bond acceptors (Lipinski definition) is 5. The maximum absolute atomic E-state index is 12.9. The minimum Gasteiger partial charge on any atom is -0.294 e. The van der Waals surface area contributed by atoms with Crippen LogP contribution in [0.2, 0.25) is 0 Å². The monoisotopic (exact) mass is 359 g/mol. The first kappa shape index (κ1) is 16.0. The highest BCUT2D eigenvalue weighted by Crippen LogP contribution is 2.36. The molecule has 4 rings (SSSR count). The molecule has 4 heterocycles. The zero-order valence-corrected chi connectivity index (χ0v) is 15.2. The second-order valence-corrected chi connectivity index (χ2v) is 8.26. The van der Waals surface area contributed by atoms with Gasteiger partial charge in [0.15, 0.2) is 0 Å². The van der Waals surface area contributed by atoms with Crippen molar-refractivity contribution in [2.45, 2.75) is 31.7 Å². The zero-order valence-electron chi connectivity index (χ0n) is 13.6. The van der Waals surface area contributed by atoms with Gasteiger partial charge in [0.25, 0.3) is 5.91 Å². The van der Waals surface area contributed by atoms with E-state index in [4.69, 9.17) is 5.10 Å². The van der Waals surface area contributed by atoms with Gasteiger partial charge in [-0.2, -0.15) is 5.10 Å². The van der Waals surface area contributed by atoms with Gasteiger partial charge in [0.2, 0.25) is 0 Å². The molecule has 0 N–H and O–H groups in total. The van der Waals surface area contributed by atoms with Crippen LogP contribution in [0.25, 0.3) is 0 Å². The van der Waals surface area contributed by atoms with Gasteiger partial charge in [-0.05, 0) is 48.8 Å². The van der Waals surface area contributed by atoms with E-state index < -0.39 is 0 Å². The minimum absolute atomic E-state index is 0.0550. The van der Waals surface area contributed by atoms with Crippen molar-refractivity contribution in [2.24, 2.45) is 5.10 Å². The predicted molar refractivity (Wildman–Crippen MR) is 99.7 cm³/mol. The van der Waals surface area contributed by atoms with Gasteiger partial charge in [-0.3, -0.25) is 9.69 Å². The predicted octanol–water partition coefficient (Wildman–Crippen LogP) is 3.97. The van der Waals surface area contributed by atoms with Crippen molar-refractivity contribution in [2.75, 3.05) is 19.6 Å². The van der Waals surface area contributed by atoms with E-state index in [1.54, 1.807) is 27.7 Å². The van der Waals surface area contributed by atoms with Crippen LogP contribution in [0.5, 0.6) is 0 Å². The summed E-state index contributed by atoms with van der Waals surface area (Å²) in [6.07, 6.45) is 4.50. The van der Waals surface area contributed by atoms with Crippen LogP contribution in [0, 0.1) is 0 Å². The smallest absolute Gasteiger partial charge is 0.257 e. The lowest BCUT2D eigenvalue weighted by molar-refractivity contribution is -0.134. The summed E-state index contributed by atoms with van der Waals surface area (Å²) in [5.74, 6) is 0.127. The van der Waals surface area contributed by atoms with Crippen molar-refractivity contribution >= 4 is 34.3 Å². The van der Waals surface area contributed by atoms with E-state index in [1.807, 2.05) is 6.07 Å². The van der Waals surface area contributed by atoms with Gasteiger partial charge in [-0.25, -0.2) is 5.01 Å². The highest BCUT2D eigenvalue weighted by Gasteiger charge is 2.34. The molecule has 0 spiro atoms. The summed E-state index contributed by atoms with van der Waals surface area (Å²) < 4.78 is 0. The van der Waals surface area contributed by atoms with E-state index in [-0.39, 0.29) is 11.9 Å². The number of likely N-dealkylation sites (tertiary alicyclic amines) is 1. The Morgan fingerprint density at radius 2 is 1.92 bits per heavy atom. The molecule has 6 heteroatoms. The fourth-order valence-corrected chi connectivity index (χ4v) is 4.95. The molecule has 1 saturated heterocycles. The highest BCUT2D eigenvalue weighted by atomic mass is 32.1. The van der Waals surface area contributed by atoms with E-state index in [1.165, 1.54) is 29.0 Å². The second kappa shape index (κ2) is 7.17. The van der Waals surface area contributed by atoms with Crippen molar-refractivity contribution in [3.05, 3.63) is 44.8 Å². The number of hydrazone groups is 1.